The van der Waals surface area contributed by atoms with Gasteiger partial charge in [0.25, 0.3) is 0 Å². The van der Waals surface area contributed by atoms with Gasteiger partial charge >= 0.3 is 0 Å². The Balaban J connectivity index is 1.58. The van der Waals surface area contributed by atoms with Gasteiger partial charge in [0.15, 0.2) is 0 Å². The summed E-state index contributed by atoms with van der Waals surface area (Å²) in [5.74, 6) is 1.32. The van der Waals surface area contributed by atoms with Crippen molar-refractivity contribution in [2.24, 2.45) is 0 Å². The Morgan fingerprint density at radius 1 is 1.13 bits per heavy atom. The SMILES string of the molecule is Cc1ccc(CCC(=O)NCCSCc2ccccc2F)cc1. The highest BCUT2D eigenvalue weighted by atomic mass is 32.2. The van der Waals surface area contributed by atoms with E-state index in [-0.39, 0.29) is 11.7 Å². The third-order valence-electron chi connectivity index (χ3n) is 3.55. The zero-order valence-corrected chi connectivity index (χ0v) is 14.2. The second-order valence-electron chi connectivity index (χ2n) is 5.48. The first-order chi connectivity index (χ1) is 11.1. The fourth-order valence-electron chi connectivity index (χ4n) is 2.16. The third kappa shape index (κ3) is 6.45. The van der Waals surface area contributed by atoms with Gasteiger partial charge in [-0.2, -0.15) is 11.8 Å². The van der Waals surface area contributed by atoms with Crippen LogP contribution in [0.25, 0.3) is 0 Å². The van der Waals surface area contributed by atoms with E-state index in [1.54, 1.807) is 23.9 Å². The summed E-state index contributed by atoms with van der Waals surface area (Å²) < 4.78 is 13.4. The molecule has 23 heavy (non-hydrogen) atoms. The van der Waals surface area contributed by atoms with Crippen molar-refractivity contribution in [3.05, 3.63) is 71.0 Å². The molecule has 0 aliphatic carbocycles. The number of thioether (sulfide) groups is 1. The van der Waals surface area contributed by atoms with E-state index in [4.69, 9.17) is 0 Å². The maximum atomic E-state index is 13.4. The van der Waals surface area contributed by atoms with Gasteiger partial charge in [-0.15, -0.1) is 0 Å². The highest BCUT2D eigenvalue weighted by molar-refractivity contribution is 7.98. The topological polar surface area (TPSA) is 29.1 Å². The van der Waals surface area contributed by atoms with E-state index < -0.39 is 0 Å². The standard InChI is InChI=1S/C19H22FNOS/c1-15-6-8-16(9-7-15)10-11-19(22)21-12-13-23-14-17-4-2-3-5-18(17)20/h2-9H,10-14H2,1H3,(H,21,22). The monoisotopic (exact) mass is 331 g/mol. The molecule has 2 rings (SSSR count). The molecule has 0 spiro atoms. The van der Waals surface area contributed by atoms with Crippen LogP contribution in [0.15, 0.2) is 48.5 Å². The molecule has 0 saturated carbocycles. The zero-order valence-electron chi connectivity index (χ0n) is 13.3. The predicted molar refractivity (Wildman–Crippen MR) is 95.1 cm³/mol. The maximum Gasteiger partial charge on any atom is 0.220 e. The van der Waals surface area contributed by atoms with E-state index in [9.17, 15) is 9.18 Å². The van der Waals surface area contributed by atoms with Crippen molar-refractivity contribution in [2.45, 2.75) is 25.5 Å². The third-order valence-corrected chi connectivity index (χ3v) is 4.55. The Hall–Kier alpha value is -1.81. The average Bonchev–Trinajstić information content (AvgIpc) is 2.55. The molecule has 0 aliphatic rings. The van der Waals surface area contributed by atoms with Gasteiger partial charge in [0.1, 0.15) is 5.82 Å². The first kappa shape index (κ1) is 17.5. The van der Waals surface area contributed by atoms with Crippen molar-refractivity contribution in [3.8, 4) is 0 Å². The molecule has 0 atom stereocenters. The molecular formula is C19H22FNOS. The van der Waals surface area contributed by atoms with Crippen LogP contribution < -0.4 is 5.32 Å². The summed E-state index contributed by atoms with van der Waals surface area (Å²) in [5.41, 5.74) is 3.12. The lowest BCUT2D eigenvalue weighted by Gasteiger charge is -2.06. The van der Waals surface area contributed by atoms with Crippen LogP contribution in [0.2, 0.25) is 0 Å². The summed E-state index contributed by atoms with van der Waals surface area (Å²) in [7, 11) is 0. The van der Waals surface area contributed by atoms with E-state index >= 15 is 0 Å². The van der Waals surface area contributed by atoms with E-state index in [1.165, 1.54) is 17.2 Å². The van der Waals surface area contributed by atoms with E-state index in [0.29, 0.717) is 24.3 Å². The van der Waals surface area contributed by atoms with Gasteiger partial charge in [-0.05, 0) is 30.5 Å². The predicted octanol–water partition coefficient (Wildman–Crippen LogP) is 4.12. The molecule has 1 N–H and O–H groups in total. The average molecular weight is 331 g/mol. The van der Waals surface area contributed by atoms with Gasteiger partial charge in [0.05, 0.1) is 0 Å². The Bertz CT molecular complexity index is 628. The van der Waals surface area contributed by atoms with Crippen LogP contribution in [0.5, 0.6) is 0 Å². The molecule has 0 aromatic heterocycles. The fraction of sp³-hybridized carbons (Fsp3) is 0.316. The van der Waals surface area contributed by atoms with Crippen molar-refractivity contribution in [1.29, 1.82) is 0 Å². The first-order valence-electron chi connectivity index (χ1n) is 7.78. The number of rotatable bonds is 8. The van der Waals surface area contributed by atoms with Crippen LogP contribution in [-0.4, -0.2) is 18.2 Å². The number of carbonyl (C=O) groups is 1. The lowest BCUT2D eigenvalue weighted by atomic mass is 10.1. The summed E-state index contributed by atoms with van der Waals surface area (Å²) in [4.78, 5) is 11.8. The summed E-state index contributed by atoms with van der Waals surface area (Å²) in [6.45, 7) is 2.67. The van der Waals surface area contributed by atoms with Gasteiger partial charge in [-0.1, -0.05) is 48.0 Å². The number of hydrogen-bond donors (Lipinski definition) is 1. The van der Waals surface area contributed by atoms with Crippen molar-refractivity contribution in [2.75, 3.05) is 12.3 Å². The van der Waals surface area contributed by atoms with Crippen LogP contribution in [-0.2, 0) is 17.0 Å². The fourth-order valence-corrected chi connectivity index (χ4v) is 3.01. The second kappa shape index (κ2) is 9.36. The Morgan fingerprint density at radius 3 is 2.61 bits per heavy atom. The molecule has 122 valence electrons. The molecule has 0 radical (unpaired) electrons. The minimum atomic E-state index is -0.165. The van der Waals surface area contributed by atoms with Gasteiger partial charge in [0.2, 0.25) is 5.91 Å². The molecule has 0 heterocycles. The quantitative estimate of drug-likeness (QED) is 0.737. The maximum absolute atomic E-state index is 13.4. The molecule has 0 aliphatic heterocycles. The lowest BCUT2D eigenvalue weighted by molar-refractivity contribution is -0.120. The molecule has 4 heteroatoms. The Morgan fingerprint density at radius 2 is 1.87 bits per heavy atom. The summed E-state index contributed by atoms with van der Waals surface area (Å²) >= 11 is 1.62. The largest absolute Gasteiger partial charge is 0.355 e. The van der Waals surface area contributed by atoms with Crippen molar-refractivity contribution in [1.82, 2.24) is 5.32 Å². The molecule has 0 unspecified atom stereocenters. The molecule has 0 saturated heterocycles. The highest BCUT2D eigenvalue weighted by Crippen LogP contribution is 2.14. The van der Waals surface area contributed by atoms with Crippen LogP contribution in [0.4, 0.5) is 4.39 Å². The highest BCUT2D eigenvalue weighted by Gasteiger charge is 2.03. The molecular weight excluding hydrogens is 309 g/mol. The smallest absolute Gasteiger partial charge is 0.220 e. The minimum Gasteiger partial charge on any atom is -0.355 e. The minimum absolute atomic E-state index is 0.0667. The van der Waals surface area contributed by atoms with Crippen molar-refractivity contribution < 1.29 is 9.18 Å². The second-order valence-corrected chi connectivity index (χ2v) is 6.58. The number of benzene rings is 2. The molecule has 0 bridgehead atoms. The number of halogens is 1. The van der Waals surface area contributed by atoms with E-state index in [0.717, 1.165) is 12.2 Å². The number of aryl methyl sites for hydroxylation is 2. The zero-order chi connectivity index (χ0) is 16.5. The first-order valence-corrected chi connectivity index (χ1v) is 8.94. The molecule has 2 nitrogen and oxygen atoms in total. The summed E-state index contributed by atoms with van der Waals surface area (Å²) in [6.07, 6.45) is 1.26. The Labute approximate surface area is 141 Å². The molecule has 1 amide bonds. The Kier molecular flexibility index (Phi) is 7.14. The number of nitrogens with one attached hydrogen (secondary N) is 1. The molecule has 0 fully saturated rings. The lowest BCUT2D eigenvalue weighted by Crippen LogP contribution is -2.25. The van der Waals surface area contributed by atoms with Gasteiger partial charge < -0.3 is 5.32 Å². The van der Waals surface area contributed by atoms with Gasteiger partial charge in [-0.3, -0.25) is 4.79 Å². The van der Waals surface area contributed by atoms with Gasteiger partial charge in [0, 0.05) is 24.5 Å². The van der Waals surface area contributed by atoms with Crippen LogP contribution in [0, 0.1) is 12.7 Å². The molecule has 2 aromatic carbocycles. The van der Waals surface area contributed by atoms with Crippen LogP contribution in [0.1, 0.15) is 23.1 Å². The molecule has 2 aromatic rings. The van der Waals surface area contributed by atoms with E-state index in [2.05, 4.69) is 36.5 Å². The van der Waals surface area contributed by atoms with E-state index in [1.807, 2.05) is 6.07 Å². The summed E-state index contributed by atoms with van der Waals surface area (Å²) in [6, 6.07) is 15.0. The number of carbonyl (C=O) groups excluding carboxylic acids is 1. The van der Waals surface area contributed by atoms with Crippen LogP contribution in [0.3, 0.4) is 0 Å². The number of hydrogen-bond acceptors (Lipinski definition) is 2. The van der Waals surface area contributed by atoms with Crippen molar-refractivity contribution in [3.63, 3.8) is 0 Å². The number of amides is 1. The van der Waals surface area contributed by atoms with Gasteiger partial charge in [-0.25, -0.2) is 4.39 Å². The summed E-state index contributed by atoms with van der Waals surface area (Å²) in [5, 5.41) is 2.91. The van der Waals surface area contributed by atoms with Crippen molar-refractivity contribution >= 4 is 17.7 Å². The van der Waals surface area contributed by atoms with Crippen LogP contribution >= 0.6 is 11.8 Å². The normalized spacial score (nSPS) is 10.5.